The highest BCUT2D eigenvalue weighted by molar-refractivity contribution is 5.71. The Balaban J connectivity index is 2.52. The van der Waals surface area contributed by atoms with E-state index in [1.165, 1.54) is 22.3 Å². The zero-order valence-electron chi connectivity index (χ0n) is 13.1. The van der Waals surface area contributed by atoms with Crippen molar-refractivity contribution in [3.63, 3.8) is 0 Å². The van der Waals surface area contributed by atoms with E-state index in [0.717, 1.165) is 17.9 Å². The van der Waals surface area contributed by atoms with Gasteiger partial charge in [-0.25, -0.2) is 0 Å². The second-order valence-corrected chi connectivity index (χ2v) is 4.92. The lowest BCUT2D eigenvalue weighted by Gasteiger charge is -2.15. The summed E-state index contributed by atoms with van der Waals surface area (Å²) in [6.45, 7) is 4.16. The fourth-order valence-corrected chi connectivity index (χ4v) is 2.50. The molecular weight excluding hydrogens is 260 g/mol. The van der Waals surface area contributed by atoms with E-state index in [-0.39, 0.29) is 0 Å². The topological polar surface area (TPSA) is 18.5 Å². The van der Waals surface area contributed by atoms with Crippen molar-refractivity contribution in [1.29, 1.82) is 0 Å². The van der Waals surface area contributed by atoms with Crippen LogP contribution in [0.3, 0.4) is 0 Å². The standard InChI is InChI=1S/C19H22O2/c1-5-6-7-17-14(2)19(21-4)13-12-18(17)15-8-10-16(20-3)11-9-15/h5-6,8-13H,7H2,1-4H3. The minimum atomic E-state index is 0.874. The second-order valence-electron chi connectivity index (χ2n) is 4.92. The summed E-state index contributed by atoms with van der Waals surface area (Å²) in [5, 5.41) is 0. The van der Waals surface area contributed by atoms with Crippen LogP contribution in [0.25, 0.3) is 11.1 Å². The van der Waals surface area contributed by atoms with E-state index in [9.17, 15) is 0 Å². The van der Waals surface area contributed by atoms with Crippen molar-refractivity contribution in [2.75, 3.05) is 14.2 Å². The Kier molecular flexibility index (Phi) is 5.04. The molecule has 0 heterocycles. The molecule has 21 heavy (non-hydrogen) atoms. The van der Waals surface area contributed by atoms with Gasteiger partial charge in [0, 0.05) is 0 Å². The Labute approximate surface area is 127 Å². The summed E-state index contributed by atoms with van der Waals surface area (Å²) < 4.78 is 10.7. The van der Waals surface area contributed by atoms with Gasteiger partial charge >= 0.3 is 0 Å². The van der Waals surface area contributed by atoms with Crippen LogP contribution in [0, 0.1) is 6.92 Å². The summed E-state index contributed by atoms with van der Waals surface area (Å²) in [4.78, 5) is 0. The van der Waals surface area contributed by atoms with Crippen molar-refractivity contribution in [3.8, 4) is 22.6 Å². The molecule has 0 aromatic heterocycles. The maximum atomic E-state index is 5.45. The maximum Gasteiger partial charge on any atom is 0.122 e. The fraction of sp³-hybridized carbons (Fsp3) is 0.263. The molecule has 0 radical (unpaired) electrons. The molecule has 0 aliphatic heterocycles. The van der Waals surface area contributed by atoms with Gasteiger partial charge in [-0.15, -0.1) is 0 Å². The summed E-state index contributed by atoms with van der Waals surface area (Å²) in [6, 6.07) is 12.3. The van der Waals surface area contributed by atoms with E-state index >= 15 is 0 Å². The van der Waals surface area contributed by atoms with Crippen LogP contribution in [0.5, 0.6) is 11.5 Å². The molecule has 0 saturated carbocycles. The first-order valence-electron chi connectivity index (χ1n) is 7.13. The first-order valence-corrected chi connectivity index (χ1v) is 7.13. The van der Waals surface area contributed by atoms with Crippen LogP contribution in [0.2, 0.25) is 0 Å². The van der Waals surface area contributed by atoms with Crippen LogP contribution in [0.4, 0.5) is 0 Å². The maximum absolute atomic E-state index is 5.45. The van der Waals surface area contributed by atoms with Crippen LogP contribution in [0.15, 0.2) is 48.6 Å². The summed E-state index contributed by atoms with van der Waals surface area (Å²) in [5.74, 6) is 1.81. The molecule has 2 nitrogen and oxygen atoms in total. The zero-order chi connectivity index (χ0) is 15.2. The van der Waals surface area contributed by atoms with E-state index in [0.29, 0.717) is 0 Å². The van der Waals surface area contributed by atoms with Gasteiger partial charge in [-0.2, -0.15) is 0 Å². The number of rotatable bonds is 5. The average molecular weight is 282 g/mol. The van der Waals surface area contributed by atoms with Gasteiger partial charge in [0.15, 0.2) is 0 Å². The Morgan fingerprint density at radius 2 is 1.67 bits per heavy atom. The molecule has 110 valence electrons. The van der Waals surface area contributed by atoms with E-state index in [2.05, 4.69) is 37.3 Å². The number of hydrogen-bond acceptors (Lipinski definition) is 2. The Bertz CT molecular complexity index is 625. The number of ether oxygens (including phenoxy) is 2. The molecule has 0 spiro atoms. The molecule has 0 unspecified atom stereocenters. The van der Waals surface area contributed by atoms with Crippen molar-refractivity contribution in [3.05, 3.63) is 59.7 Å². The molecule has 0 amide bonds. The van der Waals surface area contributed by atoms with Crippen molar-refractivity contribution in [2.24, 2.45) is 0 Å². The lowest BCUT2D eigenvalue weighted by molar-refractivity contribution is 0.411. The van der Waals surface area contributed by atoms with Crippen LogP contribution in [-0.4, -0.2) is 14.2 Å². The zero-order valence-corrected chi connectivity index (χ0v) is 13.1. The van der Waals surface area contributed by atoms with Crippen LogP contribution >= 0.6 is 0 Å². The van der Waals surface area contributed by atoms with Gasteiger partial charge in [-0.3, -0.25) is 0 Å². The fourth-order valence-electron chi connectivity index (χ4n) is 2.50. The molecule has 2 aromatic rings. The monoisotopic (exact) mass is 282 g/mol. The van der Waals surface area contributed by atoms with Crippen LogP contribution in [-0.2, 0) is 6.42 Å². The molecular formula is C19H22O2. The molecule has 0 saturated heterocycles. The third-order valence-electron chi connectivity index (χ3n) is 3.73. The van der Waals surface area contributed by atoms with Crippen molar-refractivity contribution >= 4 is 0 Å². The Hall–Kier alpha value is -2.22. The number of methoxy groups -OCH3 is 2. The number of hydrogen-bond donors (Lipinski definition) is 0. The number of allylic oxidation sites excluding steroid dienone is 2. The minimum Gasteiger partial charge on any atom is -0.497 e. The van der Waals surface area contributed by atoms with E-state index in [1.807, 2.05) is 25.1 Å². The predicted molar refractivity (Wildman–Crippen MR) is 88.2 cm³/mol. The lowest BCUT2D eigenvalue weighted by Crippen LogP contribution is -1.97. The molecule has 2 aromatic carbocycles. The highest BCUT2D eigenvalue weighted by Crippen LogP contribution is 2.33. The van der Waals surface area contributed by atoms with Gasteiger partial charge in [-0.05, 0) is 60.7 Å². The lowest BCUT2D eigenvalue weighted by atomic mass is 9.93. The molecule has 0 aliphatic carbocycles. The molecule has 2 heteroatoms. The smallest absolute Gasteiger partial charge is 0.122 e. The summed E-state index contributed by atoms with van der Waals surface area (Å²) in [5.41, 5.74) is 4.94. The third kappa shape index (κ3) is 3.27. The first-order chi connectivity index (χ1) is 10.2. The SMILES string of the molecule is CC=CCc1c(-c2ccc(OC)cc2)ccc(OC)c1C. The van der Waals surface area contributed by atoms with Crippen molar-refractivity contribution in [1.82, 2.24) is 0 Å². The van der Waals surface area contributed by atoms with E-state index in [4.69, 9.17) is 9.47 Å². The predicted octanol–water partition coefficient (Wildman–Crippen LogP) is 4.80. The van der Waals surface area contributed by atoms with Gasteiger partial charge < -0.3 is 9.47 Å². The van der Waals surface area contributed by atoms with Gasteiger partial charge in [0.25, 0.3) is 0 Å². The van der Waals surface area contributed by atoms with Gasteiger partial charge in [-0.1, -0.05) is 30.4 Å². The molecule has 0 aliphatic rings. The first kappa shape index (κ1) is 15.2. The normalized spacial score (nSPS) is 10.9. The Morgan fingerprint density at radius 3 is 2.24 bits per heavy atom. The molecule has 0 bridgehead atoms. The quantitative estimate of drug-likeness (QED) is 0.733. The summed E-state index contributed by atoms with van der Waals surface area (Å²) in [6.07, 6.45) is 5.16. The Morgan fingerprint density at radius 1 is 0.952 bits per heavy atom. The van der Waals surface area contributed by atoms with E-state index < -0.39 is 0 Å². The number of benzene rings is 2. The highest BCUT2D eigenvalue weighted by atomic mass is 16.5. The van der Waals surface area contributed by atoms with Crippen molar-refractivity contribution in [2.45, 2.75) is 20.3 Å². The summed E-state index contributed by atoms with van der Waals surface area (Å²) in [7, 11) is 3.40. The largest absolute Gasteiger partial charge is 0.497 e. The molecule has 0 fully saturated rings. The average Bonchev–Trinajstić information content (AvgIpc) is 2.53. The van der Waals surface area contributed by atoms with Gasteiger partial charge in [0.05, 0.1) is 14.2 Å². The van der Waals surface area contributed by atoms with Gasteiger partial charge in [0.1, 0.15) is 11.5 Å². The highest BCUT2D eigenvalue weighted by Gasteiger charge is 2.11. The second kappa shape index (κ2) is 6.98. The molecule has 2 rings (SSSR count). The molecule has 0 N–H and O–H groups in total. The van der Waals surface area contributed by atoms with Crippen LogP contribution in [0.1, 0.15) is 18.1 Å². The minimum absolute atomic E-state index is 0.874. The van der Waals surface area contributed by atoms with Gasteiger partial charge in [0.2, 0.25) is 0 Å². The van der Waals surface area contributed by atoms with Crippen LogP contribution < -0.4 is 9.47 Å². The van der Waals surface area contributed by atoms with Crippen molar-refractivity contribution < 1.29 is 9.47 Å². The summed E-state index contributed by atoms with van der Waals surface area (Å²) >= 11 is 0. The van der Waals surface area contributed by atoms with E-state index in [1.54, 1.807) is 14.2 Å². The third-order valence-corrected chi connectivity index (χ3v) is 3.73. The molecule has 0 atom stereocenters.